The molecule has 0 aromatic carbocycles. The van der Waals surface area contributed by atoms with Crippen LogP contribution >= 0.6 is 0 Å². The first-order valence-electron chi connectivity index (χ1n) is 7.98. The zero-order chi connectivity index (χ0) is 16.5. The number of carbonyl (C=O) groups is 2. The Balaban J connectivity index is 1.97. The molecule has 0 aromatic heterocycles. The van der Waals surface area contributed by atoms with Crippen molar-refractivity contribution in [3.63, 3.8) is 0 Å². The van der Waals surface area contributed by atoms with Crippen molar-refractivity contribution in [3.05, 3.63) is 12.7 Å². The molecule has 2 aliphatic heterocycles. The number of hydrogen-bond acceptors (Lipinski definition) is 3. The van der Waals surface area contributed by atoms with E-state index in [4.69, 9.17) is 0 Å². The van der Waals surface area contributed by atoms with Crippen molar-refractivity contribution >= 4 is 11.9 Å². The first-order valence-corrected chi connectivity index (χ1v) is 7.98. The Kier molecular flexibility index (Phi) is 4.80. The Labute approximate surface area is 132 Å². The molecule has 0 aliphatic carbocycles. The lowest BCUT2D eigenvalue weighted by atomic mass is 9.90. The molecule has 2 fully saturated rings. The second-order valence-electron chi connectivity index (χ2n) is 6.74. The number of amides is 3. The second-order valence-corrected chi connectivity index (χ2v) is 6.74. The molecule has 0 bridgehead atoms. The van der Waals surface area contributed by atoms with Crippen LogP contribution in [0.2, 0.25) is 0 Å². The van der Waals surface area contributed by atoms with Gasteiger partial charge in [0.25, 0.3) is 0 Å². The van der Waals surface area contributed by atoms with Crippen LogP contribution in [0.1, 0.15) is 27.2 Å². The largest absolute Gasteiger partial charge is 0.388 e. The van der Waals surface area contributed by atoms with E-state index in [0.717, 1.165) is 0 Å². The molecule has 22 heavy (non-hydrogen) atoms. The maximum atomic E-state index is 12.7. The molecule has 0 spiro atoms. The van der Waals surface area contributed by atoms with Crippen LogP contribution in [0, 0.1) is 5.92 Å². The van der Waals surface area contributed by atoms with Gasteiger partial charge in [-0.1, -0.05) is 20.4 Å². The maximum Gasteiger partial charge on any atom is 0.320 e. The summed E-state index contributed by atoms with van der Waals surface area (Å²) in [6, 6.07) is -0.0623. The average molecular weight is 309 g/mol. The number of urea groups is 1. The van der Waals surface area contributed by atoms with Gasteiger partial charge in [0.15, 0.2) is 0 Å². The third-order valence-corrected chi connectivity index (χ3v) is 4.98. The van der Waals surface area contributed by atoms with Crippen LogP contribution < -0.4 is 0 Å². The summed E-state index contributed by atoms with van der Waals surface area (Å²) < 4.78 is 0. The highest BCUT2D eigenvalue weighted by Gasteiger charge is 2.42. The van der Waals surface area contributed by atoms with Gasteiger partial charge >= 0.3 is 6.03 Å². The van der Waals surface area contributed by atoms with Gasteiger partial charge in [-0.05, 0) is 25.3 Å². The molecule has 2 saturated heterocycles. The van der Waals surface area contributed by atoms with Crippen molar-refractivity contribution in [1.82, 2.24) is 14.7 Å². The SMILES string of the molecule is C=CC(=O)N1CCN(C(=O)N2CCC(O)(C(C)C)C2)C(C)C1. The first kappa shape index (κ1) is 16.8. The highest BCUT2D eigenvalue weighted by Crippen LogP contribution is 2.29. The predicted octanol–water partition coefficient (Wildman–Crippen LogP) is 0.918. The van der Waals surface area contributed by atoms with Crippen LogP contribution in [0.25, 0.3) is 0 Å². The summed E-state index contributed by atoms with van der Waals surface area (Å²) in [6.07, 6.45) is 1.94. The average Bonchev–Trinajstić information content (AvgIpc) is 2.89. The van der Waals surface area contributed by atoms with Crippen molar-refractivity contribution in [3.8, 4) is 0 Å². The molecule has 3 amide bonds. The molecular weight excluding hydrogens is 282 g/mol. The molecule has 0 aromatic rings. The number of likely N-dealkylation sites (tertiary alicyclic amines) is 1. The fourth-order valence-corrected chi connectivity index (χ4v) is 3.20. The van der Waals surface area contributed by atoms with Crippen molar-refractivity contribution < 1.29 is 14.7 Å². The van der Waals surface area contributed by atoms with Crippen LogP contribution in [-0.2, 0) is 4.79 Å². The quantitative estimate of drug-likeness (QED) is 0.772. The Bertz CT molecular complexity index is 466. The molecule has 2 unspecified atom stereocenters. The van der Waals surface area contributed by atoms with Gasteiger partial charge in [0.2, 0.25) is 5.91 Å². The van der Waals surface area contributed by atoms with Gasteiger partial charge in [-0.15, -0.1) is 0 Å². The van der Waals surface area contributed by atoms with E-state index in [1.54, 1.807) is 14.7 Å². The van der Waals surface area contributed by atoms with E-state index in [9.17, 15) is 14.7 Å². The third kappa shape index (κ3) is 3.11. The van der Waals surface area contributed by atoms with Crippen LogP contribution in [-0.4, -0.2) is 76.1 Å². The van der Waals surface area contributed by atoms with Gasteiger partial charge in [0.1, 0.15) is 0 Å². The van der Waals surface area contributed by atoms with Crippen LogP contribution in [0.15, 0.2) is 12.7 Å². The van der Waals surface area contributed by atoms with Crippen LogP contribution in [0.4, 0.5) is 4.79 Å². The van der Waals surface area contributed by atoms with Gasteiger partial charge < -0.3 is 19.8 Å². The minimum absolute atomic E-state index is 0.0297. The third-order valence-electron chi connectivity index (χ3n) is 4.98. The summed E-state index contributed by atoms with van der Waals surface area (Å²) in [5.41, 5.74) is -0.778. The molecule has 0 saturated carbocycles. The van der Waals surface area contributed by atoms with E-state index in [-0.39, 0.29) is 23.9 Å². The summed E-state index contributed by atoms with van der Waals surface area (Å²) in [4.78, 5) is 29.6. The number of aliphatic hydroxyl groups is 1. The number of piperazine rings is 1. The fourth-order valence-electron chi connectivity index (χ4n) is 3.20. The smallest absolute Gasteiger partial charge is 0.320 e. The van der Waals surface area contributed by atoms with Crippen LogP contribution in [0.5, 0.6) is 0 Å². The number of carbonyl (C=O) groups excluding carboxylic acids is 2. The molecule has 2 atom stereocenters. The van der Waals surface area contributed by atoms with E-state index >= 15 is 0 Å². The lowest BCUT2D eigenvalue weighted by Crippen LogP contribution is -2.58. The molecule has 2 heterocycles. The highest BCUT2D eigenvalue weighted by atomic mass is 16.3. The minimum Gasteiger partial charge on any atom is -0.388 e. The Hall–Kier alpha value is -1.56. The van der Waals surface area contributed by atoms with Gasteiger partial charge in [-0.3, -0.25) is 4.79 Å². The molecule has 6 nitrogen and oxygen atoms in total. The number of nitrogens with zero attached hydrogens (tertiary/aromatic N) is 3. The van der Waals surface area contributed by atoms with Crippen molar-refractivity contribution in [2.75, 3.05) is 32.7 Å². The monoisotopic (exact) mass is 309 g/mol. The topological polar surface area (TPSA) is 64.1 Å². The summed E-state index contributed by atoms with van der Waals surface area (Å²) in [5, 5.41) is 10.5. The normalized spacial score (nSPS) is 29.1. The summed E-state index contributed by atoms with van der Waals surface area (Å²) >= 11 is 0. The van der Waals surface area contributed by atoms with E-state index in [1.807, 2.05) is 20.8 Å². The van der Waals surface area contributed by atoms with Gasteiger partial charge in [-0.2, -0.15) is 0 Å². The van der Waals surface area contributed by atoms with Crippen molar-refractivity contribution in [2.45, 2.75) is 38.8 Å². The minimum atomic E-state index is -0.778. The number of rotatable bonds is 2. The summed E-state index contributed by atoms with van der Waals surface area (Å²) in [5.74, 6) is 0.0408. The number of β-amino-alcohol motifs (C(OH)–C–C–N with tert-alkyl or cyclic N) is 1. The molecular formula is C16H27N3O3. The lowest BCUT2D eigenvalue weighted by molar-refractivity contribution is -0.128. The van der Waals surface area contributed by atoms with E-state index in [0.29, 0.717) is 39.1 Å². The van der Waals surface area contributed by atoms with E-state index in [2.05, 4.69) is 6.58 Å². The van der Waals surface area contributed by atoms with Crippen LogP contribution in [0.3, 0.4) is 0 Å². The Morgan fingerprint density at radius 3 is 2.45 bits per heavy atom. The molecule has 0 radical (unpaired) electrons. The summed E-state index contributed by atoms with van der Waals surface area (Å²) in [7, 11) is 0. The fraction of sp³-hybridized carbons (Fsp3) is 0.750. The van der Waals surface area contributed by atoms with Gasteiger partial charge in [-0.25, -0.2) is 4.79 Å². The molecule has 6 heteroatoms. The standard InChI is InChI=1S/C16H27N3O3/c1-5-14(20)17-8-9-19(13(4)10-17)15(21)18-7-6-16(22,11-18)12(2)3/h5,12-13,22H,1,6-11H2,2-4H3. The van der Waals surface area contributed by atoms with Crippen molar-refractivity contribution in [1.29, 1.82) is 0 Å². The molecule has 124 valence electrons. The van der Waals surface area contributed by atoms with Crippen molar-refractivity contribution in [2.24, 2.45) is 5.92 Å². The zero-order valence-corrected chi connectivity index (χ0v) is 13.8. The second kappa shape index (κ2) is 6.28. The molecule has 2 rings (SSSR count). The number of hydrogen-bond donors (Lipinski definition) is 1. The van der Waals surface area contributed by atoms with E-state index < -0.39 is 5.60 Å². The predicted molar refractivity (Wildman–Crippen MR) is 84.3 cm³/mol. The molecule has 1 N–H and O–H groups in total. The Morgan fingerprint density at radius 2 is 1.95 bits per heavy atom. The first-order chi connectivity index (χ1) is 10.3. The maximum absolute atomic E-state index is 12.7. The summed E-state index contributed by atoms with van der Waals surface area (Å²) in [6.45, 7) is 12.0. The van der Waals surface area contributed by atoms with Gasteiger partial charge in [0, 0.05) is 32.2 Å². The lowest BCUT2D eigenvalue weighted by Gasteiger charge is -2.41. The molecule has 2 aliphatic rings. The van der Waals surface area contributed by atoms with E-state index in [1.165, 1.54) is 6.08 Å². The highest BCUT2D eigenvalue weighted by molar-refractivity contribution is 5.87. The Morgan fingerprint density at radius 1 is 1.27 bits per heavy atom. The van der Waals surface area contributed by atoms with Gasteiger partial charge in [0.05, 0.1) is 12.1 Å². The zero-order valence-electron chi connectivity index (χ0n) is 13.8.